The predicted molar refractivity (Wildman–Crippen MR) is 76.6 cm³/mol. The van der Waals surface area contributed by atoms with Crippen molar-refractivity contribution in [1.82, 2.24) is 25.5 Å². The van der Waals surface area contributed by atoms with Crippen molar-refractivity contribution in [3.8, 4) is 10.7 Å². The highest BCUT2D eigenvalue weighted by Gasteiger charge is 2.20. The van der Waals surface area contributed by atoms with Crippen molar-refractivity contribution < 1.29 is 0 Å². The second-order valence-electron chi connectivity index (χ2n) is 4.93. The first-order valence-electron chi connectivity index (χ1n) is 6.48. The van der Waals surface area contributed by atoms with Crippen LogP contribution in [0.1, 0.15) is 17.6 Å². The third-order valence-corrected chi connectivity index (χ3v) is 4.32. The minimum Gasteiger partial charge on any atom is -0.337 e. The number of thiazole rings is 1. The number of rotatable bonds is 2. The van der Waals surface area contributed by atoms with Gasteiger partial charge < -0.3 is 10.2 Å². The lowest BCUT2D eigenvalue weighted by Crippen LogP contribution is -2.49. The van der Waals surface area contributed by atoms with Crippen LogP contribution in [-0.4, -0.2) is 45.8 Å². The number of H-pyrrole nitrogens is 1. The zero-order valence-electron chi connectivity index (χ0n) is 11.4. The second kappa shape index (κ2) is 4.90. The maximum Gasteiger partial charge on any atom is 0.245 e. The van der Waals surface area contributed by atoms with Gasteiger partial charge in [0.25, 0.3) is 0 Å². The van der Waals surface area contributed by atoms with Gasteiger partial charge in [-0.1, -0.05) is 0 Å². The third kappa shape index (κ3) is 2.48. The van der Waals surface area contributed by atoms with Crippen molar-refractivity contribution in [1.29, 1.82) is 0 Å². The molecule has 1 aliphatic rings. The molecule has 1 aliphatic heterocycles. The van der Waals surface area contributed by atoms with Gasteiger partial charge in [0.2, 0.25) is 5.95 Å². The lowest BCUT2D eigenvalue weighted by molar-refractivity contribution is 0.480. The van der Waals surface area contributed by atoms with E-state index in [1.807, 2.05) is 13.8 Å². The van der Waals surface area contributed by atoms with Gasteiger partial charge >= 0.3 is 0 Å². The molecule has 2 aromatic heterocycles. The summed E-state index contributed by atoms with van der Waals surface area (Å²) in [5.74, 6) is 1.61. The van der Waals surface area contributed by atoms with E-state index in [2.05, 4.69) is 37.3 Å². The molecule has 19 heavy (non-hydrogen) atoms. The molecule has 2 aromatic rings. The third-order valence-electron chi connectivity index (χ3n) is 3.24. The molecule has 0 aromatic carbocycles. The van der Waals surface area contributed by atoms with Crippen LogP contribution in [0.2, 0.25) is 0 Å². The summed E-state index contributed by atoms with van der Waals surface area (Å²) >= 11 is 1.65. The van der Waals surface area contributed by atoms with Crippen LogP contribution in [0.25, 0.3) is 10.7 Å². The first-order chi connectivity index (χ1) is 9.13. The van der Waals surface area contributed by atoms with Gasteiger partial charge in [0.1, 0.15) is 0 Å². The van der Waals surface area contributed by atoms with E-state index in [9.17, 15) is 0 Å². The van der Waals surface area contributed by atoms with E-state index in [1.165, 1.54) is 0 Å². The van der Waals surface area contributed by atoms with Crippen molar-refractivity contribution in [3.63, 3.8) is 0 Å². The van der Waals surface area contributed by atoms with E-state index in [4.69, 9.17) is 0 Å². The normalized spacial score (nSPS) is 19.9. The van der Waals surface area contributed by atoms with Gasteiger partial charge in [0.15, 0.2) is 5.82 Å². The number of nitrogens with one attached hydrogen (secondary N) is 2. The second-order valence-corrected chi connectivity index (χ2v) is 6.14. The molecular formula is C12H18N6S. The molecule has 3 heterocycles. The van der Waals surface area contributed by atoms with Crippen LogP contribution in [0, 0.1) is 13.8 Å². The first kappa shape index (κ1) is 12.6. The molecule has 0 spiro atoms. The Morgan fingerprint density at radius 2 is 2.16 bits per heavy atom. The van der Waals surface area contributed by atoms with Crippen LogP contribution >= 0.6 is 11.3 Å². The average Bonchev–Trinajstić information content (AvgIpc) is 2.96. The van der Waals surface area contributed by atoms with Gasteiger partial charge in [-0.15, -0.1) is 16.4 Å². The van der Waals surface area contributed by atoms with Crippen molar-refractivity contribution in [3.05, 3.63) is 10.7 Å². The zero-order chi connectivity index (χ0) is 13.4. The number of hydrogen-bond acceptors (Lipinski definition) is 6. The molecule has 6 nitrogen and oxygen atoms in total. The Morgan fingerprint density at radius 3 is 2.84 bits per heavy atom. The summed E-state index contributed by atoms with van der Waals surface area (Å²) in [6.45, 7) is 9.06. The van der Waals surface area contributed by atoms with Gasteiger partial charge in [-0.05, 0) is 20.8 Å². The van der Waals surface area contributed by atoms with E-state index in [1.54, 1.807) is 11.3 Å². The molecule has 0 aliphatic carbocycles. The van der Waals surface area contributed by atoms with Gasteiger partial charge in [0, 0.05) is 25.7 Å². The van der Waals surface area contributed by atoms with E-state index in [0.717, 1.165) is 47.0 Å². The fourth-order valence-electron chi connectivity index (χ4n) is 2.36. The standard InChI is InChI=1S/C12H18N6S/c1-7-6-18(5-4-13-7)12-15-11(16-17-12)10-8(2)14-9(3)19-10/h7,13H,4-6H2,1-3H3,(H,15,16,17)/t7-/m1/s1. The topological polar surface area (TPSA) is 69.7 Å². The number of hydrogen-bond donors (Lipinski definition) is 2. The number of nitrogens with zero attached hydrogens (tertiary/aromatic N) is 4. The van der Waals surface area contributed by atoms with E-state index in [0.29, 0.717) is 6.04 Å². The van der Waals surface area contributed by atoms with Gasteiger partial charge in [-0.3, -0.25) is 5.10 Å². The van der Waals surface area contributed by atoms with Crippen LogP contribution in [0.3, 0.4) is 0 Å². The molecule has 0 bridgehead atoms. The van der Waals surface area contributed by atoms with Crippen LogP contribution in [0.15, 0.2) is 0 Å². The van der Waals surface area contributed by atoms with Crippen molar-refractivity contribution >= 4 is 17.3 Å². The Hall–Kier alpha value is -1.47. The minimum atomic E-state index is 0.475. The highest BCUT2D eigenvalue weighted by atomic mass is 32.1. The Labute approximate surface area is 116 Å². The summed E-state index contributed by atoms with van der Waals surface area (Å²) < 4.78 is 0. The molecule has 1 fully saturated rings. The highest BCUT2D eigenvalue weighted by molar-refractivity contribution is 7.15. The molecule has 0 unspecified atom stereocenters. The van der Waals surface area contributed by atoms with Gasteiger partial charge in [-0.25, -0.2) is 4.98 Å². The number of piperazine rings is 1. The smallest absolute Gasteiger partial charge is 0.245 e. The lowest BCUT2D eigenvalue weighted by Gasteiger charge is -2.30. The van der Waals surface area contributed by atoms with E-state index >= 15 is 0 Å². The Morgan fingerprint density at radius 1 is 1.32 bits per heavy atom. The summed E-state index contributed by atoms with van der Waals surface area (Å²) in [5.41, 5.74) is 1.01. The molecule has 102 valence electrons. The fourth-order valence-corrected chi connectivity index (χ4v) is 3.22. The molecule has 0 amide bonds. The Kier molecular flexibility index (Phi) is 3.24. The molecule has 1 atom stereocenters. The molecule has 0 saturated carbocycles. The Bertz CT molecular complexity index is 575. The van der Waals surface area contributed by atoms with Gasteiger partial charge in [-0.2, -0.15) is 4.98 Å². The summed E-state index contributed by atoms with van der Waals surface area (Å²) in [4.78, 5) is 12.3. The van der Waals surface area contributed by atoms with Crippen LogP contribution in [-0.2, 0) is 0 Å². The van der Waals surface area contributed by atoms with Crippen molar-refractivity contribution in [2.24, 2.45) is 0 Å². The predicted octanol–water partition coefficient (Wildman–Crippen LogP) is 1.34. The maximum atomic E-state index is 4.61. The minimum absolute atomic E-state index is 0.475. The van der Waals surface area contributed by atoms with E-state index in [-0.39, 0.29) is 0 Å². The Balaban J connectivity index is 1.85. The fraction of sp³-hybridized carbons (Fsp3) is 0.583. The van der Waals surface area contributed by atoms with E-state index < -0.39 is 0 Å². The molecule has 1 saturated heterocycles. The number of aromatic nitrogens is 4. The maximum absolute atomic E-state index is 4.61. The highest BCUT2D eigenvalue weighted by Crippen LogP contribution is 2.27. The zero-order valence-corrected chi connectivity index (χ0v) is 12.2. The molecule has 0 radical (unpaired) electrons. The van der Waals surface area contributed by atoms with Crippen LogP contribution in [0.5, 0.6) is 0 Å². The number of aromatic amines is 1. The number of aryl methyl sites for hydroxylation is 2. The summed E-state index contributed by atoms with van der Waals surface area (Å²) in [6.07, 6.45) is 0. The van der Waals surface area contributed by atoms with Crippen LogP contribution in [0.4, 0.5) is 5.95 Å². The lowest BCUT2D eigenvalue weighted by atomic mass is 10.2. The molecule has 7 heteroatoms. The average molecular weight is 278 g/mol. The van der Waals surface area contributed by atoms with Crippen molar-refractivity contribution in [2.45, 2.75) is 26.8 Å². The number of anilines is 1. The quantitative estimate of drug-likeness (QED) is 0.867. The van der Waals surface area contributed by atoms with Crippen LogP contribution < -0.4 is 10.2 Å². The van der Waals surface area contributed by atoms with Gasteiger partial charge in [0.05, 0.1) is 15.6 Å². The summed E-state index contributed by atoms with van der Waals surface area (Å²) in [7, 11) is 0. The summed E-state index contributed by atoms with van der Waals surface area (Å²) in [6, 6.07) is 0.475. The largest absolute Gasteiger partial charge is 0.337 e. The molecule has 3 rings (SSSR count). The molecular weight excluding hydrogens is 260 g/mol. The van der Waals surface area contributed by atoms with Crippen molar-refractivity contribution in [2.75, 3.05) is 24.5 Å². The SMILES string of the molecule is Cc1nc(C)c(-c2nc(N3CCN[C@H](C)C3)n[nH]2)s1. The first-order valence-corrected chi connectivity index (χ1v) is 7.30. The summed E-state index contributed by atoms with van der Waals surface area (Å²) in [5, 5.41) is 11.9. The molecule has 2 N–H and O–H groups in total. The monoisotopic (exact) mass is 278 g/mol.